The van der Waals surface area contributed by atoms with E-state index in [0.717, 1.165) is 11.1 Å². The minimum atomic E-state index is -4.36. The number of aryl methyl sites for hydroxylation is 1. The third-order valence-electron chi connectivity index (χ3n) is 8.61. The van der Waals surface area contributed by atoms with Crippen molar-refractivity contribution < 1.29 is 22.7 Å². The quantitative estimate of drug-likeness (QED) is 0.122. The summed E-state index contributed by atoms with van der Waals surface area (Å²) >= 11 is 0. The van der Waals surface area contributed by atoms with E-state index in [-0.39, 0.29) is 34.2 Å². The number of rotatable bonds is 12. The predicted molar refractivity (Wildman–Crippen MR) is 199 cm³/mol. The average Bonchev–Trinajstić information content (AvgIpc) is 3.80. The van der Waals surface area contributed by atoms with Crippen LogP contribution in [0.4, 0.5) is 5.82 Å². The molecule has 0 unspecified atom stereocenters. The number of aromatic nitrogens is 5. The molecule has 11 nitrogen and oxygen atoms in total. The molecule has 4 aromatic heterocycles. The molecule has 0 aliphatic heterocycles. The fraction of sp³-hybridized carbons (Fsp3) is 0.150. The van der Waals surface area contributed by atoms with Crippen molar-refractivity contribution in [1.82, 2.24) is 23.7 Å². The summed E-state index contributed by atoms with van der Waals surface area (Å²) in [7, 11) is -1.26. The molecule has 0 aliphatic rings. The maximum absolute atomic E-state index is 15.1. The van der Waals surface area contributed by atoms with Crippen LogP contribution < -0.4 is 9.64 Å². The zero-order valence-electron chi connectivity index (χ0n) is 28.9. The summed E-state index contributed by atoms with van der Waals surface area (Å²) in [6.07, 6.45) is 4.91. The number of benzene rings is 3. The molecule has 0 saturated heterocycles. The first-order valence-electron chi connectivity index (χ1n) is 16.7. The van der Waals surface area contributed by atoms with Crippen LogP contribution in [0.5, 0.6) is 5.88 Å². The lowest BCUT2D eigenvalue weighted by Crippen LogP contribution is -2.25. The molecule has 7 aromatic rings. The predicted octanol–water partition coefficient (Wildman–Crippen LogP) is 7.13. The lowest BCUT2D eigenvalue weighted by molar-refractivity contribution is 0.0602. The van der Waals surface area contributed by atoms with Crippen LogP contribution in [0.1, 0.15) is 28.4 Å². The minimum Gasteiger partial charge on any atom is -0.477 e. The van der Waals surface area contributed by atoms with Crippen molar-refractivity contribution in [3.63, 3.8) is 0 Å². The highest BCUT2D eigenvalue weighted by Crippen LogP contribution is 2.42. The summed E-state index contributed by atoms with van der Waals surface area (Å²) in [6.45, 7) is 2.89. The van der Waals surface area contributed by atoms with Crippen molar-refractivity contribution >= 4 is 32.7 Å². The fourth-order valence-corrected chi connectivity index (χ4v) is 7.76. The third kappa shape index (κ3) is 6.63. The van der Waals surface area contributed by atoms with E-state index < -0.39 is 16.0 Å². The second kappa shape index (κ2) is 14.5. The van der Waals surface area contributed by atoms with Gasteiger partial charge in [-0.05, 0) is 48.4 Å². The summed E-state index contributed by atoms with van der Waals surface area (Å²) in [4.78, 5) is 25.0. The van der Waals surface area contributed by atoms with Crippen LogP contribution in [0.25, 0.3) is 33.4 Å². The highest BCUT2D eigenvalue weighted by Gasteiger charge is 2.32. The molecule has 0 fully saturated rings. The van der Waals surface area contributed by atoms with E-state index in [4.69, 9.17) is 14.5 Å². The Bertz CT molecular complexity index is 2420. The lowest BCUT2D eigenvalue weighted by atomic mass is 10.1. The van der Waals surface area contributed by atoms with E-state index in [1.807, 2.05) is 97.9 Å². The van der Waals surface area contributed by atoms with Gasteiger partial charge in [0, 0.05) is 49.7 Å². The van der Waals surface area contributed by atoms with Crippen molar-refractivity contribution in [1.29, 1.82) is 0 Å². The van der Waals surface area contributed by atoms with Gasteiger partial charge in [-0.15, -0.1) is 0 Å². The van der Waals surface area contributed by atoms with Gasteiger partial charge in [0.05, 0.1) is 41.1 Å². The maximum Gasteiger partial charge on any atom is 0.340 e. The SMILES string of the molecule is CCOc1ncc(-c2ccn(C)n2)cc1-c1cc2c(C(=O)OC)cnc(N(Cc3ccccc3)Cc3ccccc3)c2n1S(=O)(=O)c1ccccc1. The molecule has 0 bridgehead atoms. The molecular formula is C40H36N6O5S. The summed E-state index contributed by atoms with van der Waals surface area (Å²) in [5.41, 5.74) is 4.19. The molecule has 7 rings (SSSR count). The van der Waals surface area contributed by atoms with Gasteiger partial charge in [-0.25, -0.2) is 27.2 Å². The normalized spacial score (nSPS) is 11.4. The Kier molecular flexibility index (Phi) is 9.55. The van der Waals surface area contributed by atoms with Crippen LogP contribution in [-0.2, 0) is 34.9 Å². The molecule has 52 heavy (non-hydrogen) atoms. The van der Waals surface area contributed by atoms with Gasteiger partial charge < -0.3 is 14.4 Å². The second-order valence-electron chi connectivity index (χ2n) is 12.1. The Balaban J connectivity index is 1.59. The Morgan fingerprint density at radius 3 is 2.04 bits per heavy atom. The number of nitrogens with zero attached hydrogens (tertiary/aromatic N) is 6. The summed E-state index contributed by atoms with van der Waals surface area (Å²) < 4.78 is 44.4. The molecule has 3 aromatic carbocycles. The monoisotopic (exact) mass is 712 g/mol. The van der Waals surface area contributed by atoms with Gasteiger partial charge in [-0.2, -0.15) is 5.10 Å². The van der Waals surface area contributed by atoms with E-state index in [2.05, 4.69) is 10.1 Å². The number of hydrogen-bond acceptors (Lipinski definition) is 9. The number of hydrogen-bond donors (Lipinski definition) is 0. The van der Waals surface area contributed by atoms with E-state index >= 15 is 8.42 Å². The molecule has 4 heterocycles. The standard InChI is InChI=1S/C40H36N6O5S/c1-4-51-39-33(22-30(24-42-39)35-20-21-44(2)43-35)36-23-32-34(40(47)50-3)25-41-38(37(32)46(36)52(48,49)31-18-12-7-13-19-31)45(26-28-14-8-5-9-15-28)27-29-16-10-6-11-17-29/h5-25H,4,26-27H2,1-3H3. The number of pyridine rings is 2. The number of esters is 1. The van der Waals surface area contributed by atoms with Crippen LogP contribution in [0, 0.1) is 0 Å². The van der Waals surface area contributed by atoms with Gasteiger partial charge >= 0.3 is 5.97 Å². The Morgan fingerprint density at radius 2 is 1.46 bits per heavy atom. The van der Waals surface area contributed by atoms with Gasteiger partial charge in [-0.1, -0.05) is 78.9 Å². The lowest BCUT2D eigenvalue weighted by Gasteiger charge is -2.26. The number of fused-ring (bicyclic) bond motifs is 1. The van der Waals surface area contributed by atoms with Gasteiger partial charge in [0.1, 0.15) is 5.52 Å². The van der Waals surface area contributed by atoms with Crippen molar-refractivity contribution in [3.05, 3.63) is 144 Å². The van der Waals surface area contributed by atoms with Crippen LogP contribution in [0.15, 0.2) is 133 Å². The maximum atomic E-state index is 15.1. The fourth-order valence-electron chi connectivity index (χ4n) is 6.22. The first kappa shape index (κ1) is 34.2. The van der Waals surface area contributed by atoms with Gasteiger partial charge in [0.25, 0.3) is 10.0 Å². The smallest absolute Gasteiger partial charge is 0.340 e. The first-order valence-corrected chi connectivity index (χ1v) is 18.1. The van der Waals surface area contributed by atoms with E-state index in [1.165, 1.54) is 17.3 Å². The van der Waals surface area contributed by atoms with Crippen molar-refractivity contribution in [2.45, 2.75) is 24.9 Å². The highest BCUT2D eigenvalue weighted by molar-refractivity contribution is 7.90. The zero-order valence-corrected chi connectivity index (χ0v) is 29.7. The molecule has 0 aliphatic carbocycles. The average molecular weight is 713 g/mol. The highest BCUT2D eigenvalue weighted by atomic mass is 32.2. The van der Waals surface area contributed by atoms with Crippen molar-refractivity contribution in [2.24, 2.45) is 7.05 Å². The first-order chi connectivity index (χ1) is 25.3. The van der Waals surface area contributed by atoms with Crippen LogP contribution in [-0.4, -0.2) is 51.8 Å². The molecular weight excluding hydrogens is 677 g/mol. The number of carbonyl (C=O) groups is 1. The largest absolute Gasteiger partial charge is 0.477 e. The van der Waals surface area contributed by atoms with Crippen molar-refractivity contribution in [3.8, 4) is 28.4 Å². The number of anilines is 1. The van der Waals surface area contributed by atoms with Crippen LogP contribution in [0.3, 0.4) is 0 Å². The molecule has 262 valence electrons. The van der Waals surface area contributed by atoms with E-state index in [1.54, 1.807) is 47.3 Å². The number of carbonyl (C=O) groups excluding carboxylic acids is 1. The summed E-state index contributed by atoms with van der Waals surface area (Å²) in [6, 6.07) is 33.2. The van der Waals surface area contributed by atoms with E-state index in [0.29, 0.717) is 41.1 Å². The molecule has 0 radical (unpaired) electrons. The molecule has 0 saturated carbocycles. The number of ether oxygens (including phenoxy) is 2. The number of methoxy groups -OCH3 is 1. The third-order valence-corrected chi connectivity index (χ3v) is 10.3. The topological polar surface area (TPSA) is 121 Å². The van der Waals surface area contributed by atoms with Crippen LogP contribution >= 0.6 is 0 Å². The Hall–Kier alpha value is -6.27. The minimum absolute atomic E-state index is 0.0487. The van der Waals surface area contributed by atoms with Crippen LogP contribution in [0.2, 0.25) is 0 Å². The van der Waals surface area contributed by atoms with Gasteiger partial charge in [0.15, 0.2) is 5.82 Å². The molecule has 0 amide bonds. The Labute approximate surface area is 301 Å². The molecule has 0 atom stereocenters. The molecule has 12 heteroatoms. The zero-order chi connectivity index (χ0) is 36.2. The summed E-state index contributed by atoms with van der Waals surface area (Å²) in [5.74, 6) is -0.0881. The van der Waals surface area contributed by atoms with Gasteiger partial charge in [-0.3, -0.25) is 4.68 Å². The second-order valence-corrected chi connectivity index (χ2v) is 13.9. The molecule has 0 spiro atoms. The van der Waals surface area contributed by atoms with Gasteiger partial charge in [0.2, 0.25) is 5.88 Å². The molecule has 0 N–H and O–H groups in total. The Morgan fingerprint density at radius 1 is 0.827 bits per heavy atom. The summed E-state index contributed by atoms with van der Waals surface area (Å²) in [5, 5.41) is 4.89. The van der Waals surface area contributed by atoms with Crippen molar-refractivity contribution in [2.75, 3.05) is 18.6 Å². The van der Waals surface area contributed by atoms with E-state index in [9.17, 15) is 4.79 Å².